The number of fused-ring (bicyclic) bond motifs is 1. The molecule has 0 radical (unpaired) electrons. The summed E-state index contributed by atoms with van der Waals surface area (Å²) in [5.74, 6) is 0. The van der Waals surface area contributed by atoms with Crippen molar-refractivity contribution in [1.29, 1.82) is 0 Å². The Morgan fingerprint density at radius 1 is 1.47 bits per heavy atom. The van der Waals surface area contributed by atoms with Crippen LogP contribution in [0.25, 0.3) is 10.2 Å². The SMILES string of the molecule is CC1(C)CN(c2nc3ccccc3s2)CC(CO)O1. The molecule has 3 rings (SSSR count). The van der Waals surface area contributed by atoms with Crippen molar-refractivity contribution in [3.63, 3.8) is 0 Å². The van der Waals surface area contributed by atoms with Gasteiger partial charge in [-0.1, -0.05) is 23.5 Å². The third-order valence-electron chi connectivity index (χ3n) is 3.24. The van der Waals surface area contributed by atoms with Gasteiger partial charge in [-0.25, -0.2) is 4.98 Å². The number of aromatic nitrogens is 1. The third kappa shape index (κ3) is 2.59. The fourth-order valence-corrected chi connectivity index (χ4v) is 3.51. The molecule has 0 amide bonds. The standard InChI is InChI=1S/C14H18N2O2S/c1-14(2)9-16(7-10(8-17)18-14)13-15-11-5-3-4-6-12(11)19-13/h3-6,10,17H,7-9H2,1-2H3. The minimum atomic E-state index is -0.260. The first-order chi connectivity index (χ1) is 9.07. The summed E-state index contributed by atoms with van der Waals surface area (Å²) in [5, 5.41) is 10.4. The summed E-state index contributed by atoms with van der Waals surface area (Å²) in [6.07, 6.45) is -0.143. The van der Waals surface area contributed by atoms with E-state index in [1.165, 1.54) is 4.70 Å². The van der Waals surface area contributed by atoms with Crippen LogP contribution in [-0.2, 0) is 4.74 Å². The smallest absolute Gasteiger partial charge is 0.186 e. The monoisotopic (exact) mass is 278 g/mol. The van der Waals surface area contributed by atoms with Crippen molar-refractivity contribution < 1.29 is 9.84 Å². The maximum absolute atomic E-state index is 9.36. The predicted octanol–water partition coefficient (Wildman–Crippen LogP) is 2.27. The lowest BCUT2D eigenvalue weighted by Gasteiger charge is -2.42. The molecule has 1 unspecified atom stereocenters. The first-order valence-corrected chi connectivity index (χ1v) is 7.28. The van der Waals surface area contributed by atoms with Gasteiger partial charge in [0.1, 0.15) is 0 Å². The van der Waals surface area contributed by atoms with Crippen LogP contribution in [0.5, 0.6) is 0 Å². The minimum Gasteiger partial charge on any atom is -0.394 e. The van der Waals surface area contributed by atoms with Gasteiger partial charge in [0.15, 0.2) is 5.13 Å². The molecule has 0 saturated carbocycles. The topological polar surface area (TPSA) is 45.6 Å². The summed E-state index contributed by atoms with van der Waals surface area (Å²) >= 11 is 1.69. The summed E-state index contributed by atoms with van der Waals surface area (Å²) in [5.41, 5.74) is 0.774. The van der Waals surface area contributed by atoms with Gasteiger partial charge in [0.25, 0.3) is 0 Å². The molecule has 0 spiro atoms. The molecular weight excluding hydrogens is 260 g/mol. The van der Waals surface area contributed by atoms with Gasteiger partial charge >= 0.3 is 0 Å². The van der Waals surface area contributed by atoms with E-state index in [-0.39, 0.29) is 18.3 Å². The molecule has 5 heteroatoms. The Morgan fingerprint density at radius 3 is 3.00 bits per heavy atom. The van der Waals surface area contributed by atoms with Gasteiger partial charge < -0.3 is 14.7 Å². The molecule has 4 nitrogen and oxygen atoms in total. The molecule has 1 aromatic heterocycles. The molecule has 1 N–H and O–H groups in total. The molecule has 0 bridgehead atoms. The highest BCUT2D eigenvalue weighted by Crippen LogP contribution is 2.32. The fraction of sp³-hybridized carbons (Fsp3) is 0.500. The predicted molar refractivity (Wildman–Crippen MR) is 77.9 cm³/mol. The lowest BCUT2D eigenvalue weighted by molar-refractivity contribution is -0.101. The summed E-state index contributed by atoms with van der Waals surface area (Å²) in [6, 6.07) is 8.16. The summed E-state index contributed by atoms with van der Waals surface area (Å²) in [7, 11) is 0. The molecule has 1 fully saturated rings. The largest absolute Gasteiger partial charge is 0.394 e. The van der Waals surface area contributed by atoms with Crippen LogP contribution >= 0.6 is 11.3 Å². The molecular formula is C14H18N2O2S. The zero-order chi connectivity index (χ0) is 13.5. The van der Waals surface area contributed by atoms with Crippen LogP contribution in [-0.4, -0.2) is 41.5 Å². The molecule has 0 aliphatic carbocycles. The third-order valence-corrected chi connectivity index (χ3v) is 4.34. The van der Waals surface area contributed by atoms with Crippen molar-refractivity contribution in [3.05, 3.63) is 24.3 Å². The van der Waals surface area contributed by atoms with Crippen LogP contribution in [0.2, 0.25) is 0 Å². The van der Waals surface area contributed by atoms with Crippen molar-refractivity contribution in [2.45, 2.75) is 25.6 Å². The average Bonchev–Trinajstić information content (AvgIpc) is 2.80. The number of thiazole rings is 1. The minimum absolute atomic E-state index is 0.0465. The Bertz CT molecular complexity index is 549. The number of hydrogen-bond acceptors (Lipinski definition) is 5. The molecule has 1 aliphatic heterocycles. The van der Waals surface area contributed by atoms with E-state index in [1.807, 2.05) is 18.2 Å². The van der Waals surface area contributed by atoms with Crippen LogP contribution in [0.3, 0.4) is 0 Å². The number of ether oxygens (including phenoxy) is 1. The molecule has 1 aromatic carbocycles. The molecule has 2 heterocycles. The van der Waals surface area contributed by atoms with Gasteiger partial charge in [-0.05, 0) is 26.0 Å². The number of anilines is 1. The Labute approximate surface area is 116 Å². The van der Waals surface area contributed by atoms with Gasteiger partial charge in [0, 0.05) is 13.1 Å². The lowest BCUT2D eigenvalue weighted by atomic mass is 10.1. The van der Waals surface area contributed by atoms with Gasteiger partial charge in [0.2, 0.25) is 0 Å². The van der Waals surface area contributed by atoms with Crippen molar-refractivity contribution in [2.75, 3.05) is 24.6 Å². The number of morpholine rings is 1. The van der Waals surface area contributed by atoms with Gasteiger partial charge in [0.05, 0.1) is 28.5 Å². The zero-order valence-electron chi connectivity index (χ0n) is 11.2. The van der Waals surface area contributed by atoms with Gasteiger partial charge in [-0.15, -0.1) is 0 Å². The highest BCUT2D eigenvalue weighted by Gasteiger charge is 2.34. The van der Waals surface area contributed by atoms with E-state index in [1.54, 1.807) is 11.3 Å². The van der Waals surface area contributed by atoms with E-state index >= 15 is 0 Å². The van der Waals surface area contributed by atoms with E-state index < -0.39 is 0 Å². The zero-order valence-corrected chi connectivity index (χ0v) is 12.0. The number of benzene rings is 1. The maximum atomic E-state index is 9.36. The molecule has 1 saturated heterocycles. The number of rotatable bonds is 2. The number of hydrogen-bond donors (Lipinski definition) is 1. The molecule has 102 valence electrons. The lowest BCUT2D eigenvalue weighted by Crippen LogP contribution is -2.54. The fourth-order valence-electron chi connectivity index (χ4n) is 2.53. The van der Waals surface area contributed by atoms with Crippen molar-refractivity contribution in [2.24, 2.45) is 0 Å². The highest BCUT2D eigenvalue weighted by molar-refractivity contribution is 7.22. The number of para-hydroxylation sites is 1. The second-order valence-electron chi connectivity index (χ2n) is 5.53. The Morgan fingerprint density at radius 2 is 2.26 bits per heavy atom. The highest BCUT2D eigenvalue weighted by atomic mass is 32.1. The molecule has 19 heavy (non-hydrogen) atoms. The quantitative estimate of drug-likeness (QED) is 0.915. The van der Waals surface area contributed by atoms with E-state index in [2.05, 4.69) is 29.8 Å². The van der Waals surface area contributed by atoms with E-state index in [4.69, 9.17) is 4.74 Å². The van der Waals surface area contributed by atoms with Gasteiger partial charge in [-0.2, -0.15) is 0 Å². The van der Waals surface area contributed by atoms with E-state index in [0.29, 0.717) is 6.54 Å². The first kappa shape index (κ1) is 12.8. The van der Waals surface area contributed by atoms with Crippen molar-refractivity contribution in [1.82, 2.24) is 4.98 Å². The second-order valence-corrected chi connectivity index (χ2v) is 6.54. The summed E-state index contributed by atoms with van der Waals surface area (Å²) < 4.78 is 7.03. The second kappa shape index (κ2) is 4.74. The number of nitrogens with zero attached hydrogens (tertiary/aromatic N) is 2. The molecule has 1 aliphatic rings. The van der Waals surface area contributed by atoms with Crippen LogP contribution in [0.4, 0.5) is 5.13 Å². The number of aliphatic hydroxyl groups is 1. The van der Waals surface area contributed by atoms with Crippen molar-refractivity contribution >= 4 is 26.7 Å². The summed E-state index contributed by atoms with van der Waals surface area (Å²) in [4.78, 5) is 6.90. The van der Waals surface area contributed by atoms with Gasteiger partial charge in [-0.3, -0.25) is 0 Å². The van der Waals surface area contributed by atoms with Crippen molar-refractivity contribution in [3.8, 4) is 0 Å². The van der Waals surface area contributed by atoms with Crippen LogP contribution in [0.15, 0.2) is 24.3 Å². The number of aliphatic hydroxyl groups excluding tert-OH is 1. The van der Waals surface area contributed by atoms with Crippen LogP contribution < -0.4 is 4.90 Å². The maximum Gasteiger partial charge on any atom is 0.186 e. The molecule has 1 atom stereocenters. The first-order valence-electron chi connectivity index (χ1n) is 6.46. The average molecular weight is 278 g/mol. The normalized spacial score (nSPS) is 22.9. The summed E-state index contributed by atoms with van der Waals surface area (Å²) in [6.45, 7) is 5.64. The Hall–Kier alpha value is -1.17. The van der Waals surface area contributed by atoms with Crippen LogP contribution in [0.1, 0.15) is 13.8 Å². The van der Waals surface area contributed by atoms with E-state index in [9.17, 15) is 5.11 Å². The Balaban J connectivity index is 1.91. The molecule has 2 aromatic rings. The van der Waals surface area contributed by atoms with Crippen LogP contribution in [0, 0.1) is 0 Å². The Kier molecular flexibility index (Phi) is 3.20. The van der Waals surface area contributed by atoms with E-state index in [0.717, 1.165) is 17.2 Å².